The second-order valence-corrected chi connectivity index (χ2v) is 8.49. The number of nitrogens with one attached hydrogen (secondary N) is 1. The molecule has 2 rings (SSSR count). The quantitative estimate of drug-likeness (QED) is 0.820. The van der Waals surface area contributed by atoms with Gasteiger partial charge in [0.1, 0.15) is 0 Å². The van der Waals surface area contributed by atoms with Gasteiger partial charge in [0, 0.05) is 28.6 Å². The summed E-state index contributed by atoms with van der Waals surface area (Å²) in [5.41, 5.74) is 0. The minimum atomic E-state index is 0.783. The molecule has 0 amide bonds. The predicted molar refractivity (Wildman–Crippen MR) is 86.8 cm³/mol. The maximum atomic E-state index is 3.90. The summed E-state index contributed by atoms with van der Waals surface area (Å²) < 4.78 is 0. The summed E-state index contributed by atoms with van der Waals surface area (Å²) in [6, 6.07) is 0.783. The third-order valence-electron chi connectivity index (χ3n) is 4.36. The summed E-state index contributed by atoms with van der Waals surface area (Å²) >= 11 is 4.40. The molecule has 0 aromatic rings. The van der Waals surface area contributed by atoms with E-state index in [1.54, 1.807) is 0 Å². The molecule has 2 aliphatic rings. The summed E-state index contributed by atoms with van der Waals surface area (Å²) in [6.07, 6.45) is 7.12. The molecule has 18 heavy (non-hydrogen) atoms. The van der Waals surface area contributed by atoms with Crippen molar-refractivity contribution in [2.24, 2.45) is 11.8 Å². The Kier molecular flexibility index (Phi) is 6.74. The van der Waals surface area contributed by atoms with Gasteiger partial charge in [-0.25, -0.2) is 0 Å². The molecule has 1 heterocycles. The molecule has 3 heteroatoms. The van der Waals surface area contributed by atoms with Crippen LogP contribution in [-0.4, -0.2) is 35.1 Å². The molecule has 4 atom stereocenters. The molecule has 1 aliphatic carbocycles. The Morgan fingerprint density at radius 2 is 2.17 bits per heavy atom. The highest BCUT2D eigenvalue weighted by atomic mass is 32.2. The van der Waals surface area contributed by atoms with E-state index in [1.165, 1.54) is 55.9 Å². The van der Waals surface area contributed by atoms with Crippen molar-refractivity contribution in [3.8, 4) is 0 Å². The first-order chi connectivity index (χ1) is 8.81. The van der Waals surface area contributed by atoms with Crippen LogP contribution in [0, 0.1) is 11.8 Å². The van der Waals surface area contributed by atoms with Crippen LogP contribution in [0.1, 0.15) is 46.0 Å². The van der Waals surface area contributed by atoms with Gasteiger partial charge in [-0.05, 0) is 37.6 Å². The molecule has 1 saturated heterocycles. The lowest BCUT2D eigenvalue weighted by atomic mass is 9.77. The largest absolute Gasteiger partial charge is 0.313 e. The standard InChI is InChI=1S/C15H29NS2/c1-3-7-16-15(14-11-17-8-9-18-14)13-6-4-5-12(2)10-13/h12-16H,3-11H2,1-2H3. The van der Waals surface area contributed by atoms with E-state index in [0.717, 1.165) is 23.1 Å². The van der Waals surface area contributed by atoms with Crippen LogP contribution in [0.15, 0.2) is 0 Å². The summed E-state index contributed by atoms with van der Waals surface area (Å²) in [4.78, 5) is 0. The van der Waals surface area contributed by atoms with Gasteiger partial charge in [0.05, 0.1) is 0 Å². The first kappa shape index (κ1) is 15.1. The lowest BCUT2D eigenvalue weighted by molar-refractivity contribution is 0.222. The van der Waals surface area contributed by atoms with Gasteiger partial charge in [-0.3, -0.25) is 0 Å². The van der Waals surface area contributed by atoms with Crippen molar-refractivity contribution >= 4 is 23.5 Å². The third-order valence-corrected chi connectivity index (χ3v) is 7.24. The van der Waals surface area contributed by atoms with Gasteiger partial charge in [-0.15, -0.1) is 0 Å². The van der Waals surface area contributed by atoms with Crippen LogP contribution in [0.4, 0.5) is 0 Å². The van der Waals surface area contributed by atoms with Gasteiger partial charge in [-0.2, -0.15) is 23.5 Å². The highest BCUT2D eigenvalue weighted by molar-refractivity contribution is 8.06. The summed E-state index contributed by atoms with van der Waals surface area (Å²) in [7, 11) is 0. The van der Waals surface area contributed by atoms with E-state index >= 15 is 0 Å². The Morgan fingerprint density at radius 1 is 1.28 bits per heavy atom. The second kappa shape index (κ2) is 8.06. The van der Waals surface area contributed by atoms with Gasteiger partial charge in [0.2, 0.25) is 0 Å². The lowest BCUT2D eigenvalue weighted by Gasteiger charge is -2.39. The van der Waals surface area contributed by atoms with Crippen molar-refractivity contribution in [1.29, 1.82) is 0 Å². The highest BCUT2D eigenvalue weighted by Gasteiger charge is 2.33. The Bertz CT molecular complexity index is 229. The Balaban J connectivity index is 1.93. The predicted octanol–water partition coefficient (Wildman–Crippen LogP) is 4.03. The molecule has 0 radical (unpaired) electrons. The van der Waals surface area contributed by atoms with Crippen LogP contribution >= 0.6 is 23.5 Å². The molecule has 4 unspecified atom stereocenters. The average Bonchev–Trinajstić information content (AvgIpc) is 2.40. The van der Waals surface area contributed by atoms with Crippen LogP contribution in [0.3, 0.4) is 0 Å². The zero-order chi connectivity index (χ0) is 12.8. The fourth-order valence-electron chi connectivity index (χ4n) is 3.43. The molecule has 1 N–H and O–H groups in total. The average molecular weight is 288 g/mol. The molecule has 1 nitrogen and oxygen atoms in total. The number of hydrogen-bond donors (Lipinski definition) is 1. The molecule has 1 saturated carbocycles. The number of rotatable bonds is 5. The van der Waals surface area contributed by atoms with Crippen molar-refractivity contribution in [2.75, 3.05) is 23.8 Å². The van der Waals surface area contributed by atoms with E-state index < -0.39 is 0 Å². The first-order valence-electron chi connectivity index (χ1n) is 7.74. The molecule has 0 bridgehead atoms. The number of thioether (sulfide) groups is 2. The lowest BCUT2D eigenvalue weighted by Crippen LogP contribution is -2.47. The fourth-order valence-corrected chi connectivity index (χ4v) is 6.40. The monoisotopic (exact) mass is 287 g/mol. The van der Waals surface area contributed by atoms with E-state index in [4.69, 9.17) is 0 Å². The van der Waals surface area contributed by atoms with Crippen LogP contribution in [0.5, 0.6) is 0 Å². The van der Waals surface area contributed by atoms with E-state index in [-0.39, 0.29) is 0 Å². The van der Waals surface area contributed by atoms with Crippen LogP contribution in [0.2, 0.25) is 0 Å². The summed E-state index contributed by atoms with van der Waals surface area (Å²) in [5.74, 6) is 5.99. The molecule has 0 aromatic carbocycles. The van der Waals surface area contributed by atoms with Gasteiger partial charge in [0.25, 0.3) is 0 Å². The molecular formula is C15H29NS2. The molecule has 1 aliphatic heterocycles. The molecular weight excluding hydrogens is 258 g/mol. The normalized spacial score (nSPS) is 35.3. The fraction of sp³-hybridized carbons (Fsp3) is 1.00. The van der Waals surface area contributed by atoms with Gasteiger partial charge >= 0.3 is 0 Å². The van der Waals surface area contributed by atoms with Gasteiger partial charge in [0.15, 0.2) is 0 Å². The molecule has 106 valence electrons. The third kappa shape index (κ3) is 4.35. The van der Waals surface area contributed by atoms with E-state index in [1.807, 2.05) is 0 Å². The topological polar surface area (TPSA) is 12.0 Å². The van der Waals surface area contributed by atoms with Crippen molar-refractivity contribution in [2.45, 2.75) is 57.2 Å². The van der Waals surface area contributed by atoms with Crippen molar-refractivity contribution in [3.63, 3.8) is 0 Å². The van der Waals surface area contributed by atoms with Crippen LogP contribution in [-0.2, 0) is 0 Å². The van der Waals surface area contributed by atoms with Crippen LogP contribution in [0.25, 0.3) is 0 Å². The highest BCUT2D eigenvalue weighted by Crippen LogP contribution is 2.36. The SMILES string of the molecule is CCCNC(C1CCCC(C)C1)C1CSCCS1. The number of hydrogen-bond acceptors (Lipinski definition) is 3. The summed E-state index contributed by atoms with van der Waals surface area (Å²) in [6.45, 7) is 5.94. The first-order valence-corrected chi connectivity index (χ1v) is 9.94. The maximum Gasteiger partial charge on any atom is 0.0294 e. The Morgan fingerprint density at radius 3 is 2.83 bits per heavy atom. The van der Waals surface area contributed by atoms with E-state index in [9.17, 15) is 0 Å². The Labute approximate surface area is 122 Å². The van der Waals surface area contributed by atoms with Gasteiger partial charge < -0.3 is 5.32 Å². The zero-order valence-corrected chi connectivity index (χ0v) is 13.6. The molecule has 2 fully saturated rings. The summed E-state index contributed by atoms with van der Waals surface area (Å²) in [5, 5.41) is 4.76. The zero-order valence-electron chi connectivity index (χ0n) is 12.0. The minimum absolute atomic E-state index is 0.783. The smallest absolute Gasteiger partial charge is 0.0294 e. The van der Waals surface area contributed by atoms with Crippen LogP contribution < -0.4 is 5.32 Å². The minimum Gasteiger partial charge on any atom is -0.313 e. The molecule has 0 aromatic heterocycles. The molecule has 0 spiro atoms. The van der Waals surface area contributed by atoms with E-state index in [2.05, 4.69) is 42.7 Å². The van der Waals surface area contributed by atoms with Crippen molar-refractivity contribution in [3.05, 3.63) is 0 Å². The Hall–Kier alpha value is 0.660. The van der Waals surface area contributed by atoms with Crippen molar-refractivity contribution in [1.82, 2.24) is 5.32 Å². The maximum absolute atomic E-state index is 3.90. The van der Waals surface area contributed by atoms with Crippen molar-refractivity contribution < 1.29 is 0 Å². The van der Waals surface area contributed by atoms with E-state index in [0.29, 0.717) is 0 Å². The second-order valence-electron chi connectivity index (χ2n) is 6.00. The van der Waals surface area contributed by atoms with Gasteiger partial charge in [-0.1, -0.05) is 26.7 Å².